The summed E-state index contributed by atoms with van der Waals surface area (Å²) in [6.07, 6.45) is 0. The number of carboxylic acid groups (broad SMARTS) is 1. The smallest absolute Gasteiger partial charge is 0.545 e. The van der Waals surface area contributed by atoms with Crippen molar-refractivity contribution in [1.29, 1.82) is 0 Å². The number of rotatable bonds is 5. The molecular weight excluding hydrogens is 327 g/mol. The minimum atomic E-state index is -1.51. The third kappa shape index (κ3) is 4.31. The normalized spacial score (nSPS) is 9.54. The molecule has 9 heteroatoms. The van der Waals surface area contributed by atoms with Crippen LogP contribution in [0.25, 0.3) is 0 Å². The fraction of sp³-hybridized carbons (Fsp3) is 0.0667. The number of benzene rings is 2. The molecule has 1 amide bonds. The summed E-state index contributed by atoms with van der Waals surface area (Å²) in [6, 6.07) is 9.31. The number of nitro groups is 1. The van der Waals surface area contributed by atoms with Crippen molar-refractivity contribution in [1.82, 2.24) is 0 Å². The van der Waals surface area contributed by atoms with Crippen LogP contribution in [0, 0.1) is 10.1 Å². The average molecular weight is 338 g/mol. The molecule has 0 fully saturated rings. The zero-order valence-corrected chi connectivity index (χ0v) is 14.9. The van der Waals surface area contributed by atoms with Gasteiger partial charge in [0.05, 0.1) is 24.1 Å². The van der Waals surface area contributed by atoms with Crippen LogP contribution in [0.5, 0.6) is 5.75 Å². The molecule has 2 aromatic carbocycles. The SMILES string of the molecule is COc1ccc(NC(=O)c2ccccc2C(=O)[O-])c([N+](=O)[O-])c1.[Na+]. The van der Waals surface area contributed by atoms with Gasteiger partial charge in [-0.25, -0.2) is 0 Å². The maximum Gasteiger partial charge on any atom is 1.00 e. The maximum atomic E-state index is 12.2. The Morgan fingerprint density at radius 1 is 1.12 bits per heavy atom. The molecule has 0 spiro atoms. The van der Waals surface area contributed by atoms with Crippen LogP contribution < -0.4 is 44.7 Å². The van der Waals surface area contributed by atoms with Crippen molar-refractivity contribution >= 4 is 23.3 Å². The van der Waals surface area contributed by atoms with Gasteiger partial charge in [-0.15, -0.1) is 0 Å². The molecule has 2 rings (SSSR count). The standard InChI is InChI=1S/C15H12N2O6.Na/c1-23-9-6-7-12(13(8-9)17(21)22)16-14(18)10-4-2-3-5-11(10)15(19)20;/h2-8H,1H3,(H,16,18)(H,19,20);/q;+1/p-1. The predicted molar refractivity (Wildman–Crippen MR) is 78.4 cm³/mol. The Bertz CT molecular complexity index is 793. The van der Waals surface area contributed by atoms with E-state index >= 15 is 0 Å². The van der Waals surface area contributed by atoms with Crippen LogP contribution >= 0.6 is 0 Å². The minimum Gasteiger partial charge on any atom is -0.545 e. The summed E-state index contributed by atoms with van der Waals surface area (Å²) in [5, 5.41) is 24.4. The zero-order chi connectivity index (χ0) is 17.0. The van der Waals surface area contributed by atoms with Crippen LogP contribution in [-0.2, 0) is 0 Å². The van der Waals surface area contributed by atoms with E-state index in [9.17, 15) is 24.8 Å². The first kappa shape index (κ1) is 19.6. The van der Waals surface area contributed by atoms with Gasteiger partial charge in [-0.05, 0) is 18.2 Å². The molecule has 24 heavy (non-hydrogen) atoms. The van der Waals surface area contributed by atoms with Crippen LogP contribution in [-0.4, -0.2) is 23.9 Å². The van der Waals surface area contributed by atoms with E-state index in [0.717, 1.165) is 6.07 Å². The molecule has 8 nitrogen and oxygen atoms in total. The van der Waals surface area contributed by atoms with Crippen molar-refractivity contribution < 1.29 is 53.9 Å². The van der Waals surface area contributed by atoms with Gasteiger partial charge in [-0.3, -0.25) is 14.9 Å². The first-order valence-corrected chi connectivity index (χ1v) is 6.38. The minimum absolute atomic E-state index is 0. The van der Waals surface area contributed by atoms with Gasteiger partial charge >= 0.3 is 29.6 Å². The Kier molecular flexibility index (Phi) is 6.90. The summed E-state index contributed by atoms with van der Waals surface area (Å²) in [7, 11) is 1.35. The third-order valence-corrected chi connectivity index (χ3v) is 3.04. The van der Waals surface area contributed by atoms with Crippen LogP contribution in [0.1, 0.15) is 20.7 Å². The van der Waals surface area contributed by atoms with Gasteiger partial charge in [0.2, 0.25) is 0 Å². The summed E-state index contributed by atoms with van der Waals surface area (Å²) >= 11 is 0. The summed E-state index contributed by atoms with van der Waals surface area (Å²) in [5.41, 5.74) is -0.906. The molecule has 0 unspecified atom stereocenters. The van der Waals surface area contributed by atoms with Gasteiger partial charge in [0, 0.05) is 11.1 Å². The molecule has 2 aromatic rings. The van der Waals surface area contributed by atoms with Crippen molar-refractivity contribution in [2.75, 3.05) is 12.4 Å². The molecule has 118 valence electrons. The summed E-state index contributed by atoms with van der Waals surface area (Å²) in [4.78, 5) is 33.6. The molecule has 0 aromatic heterocycles. The van der Waals surface area contributed by atoms with Crippen LogP contribution in [0.15, 0.2) is 42.5 Å². The third-order valence-electron chi connectivity index (χ3n) is 3.04. The largest absolute Gasteiger partial charge is 1.00 e. The molecule has 0 bridgehead atoms. The number of ether oxygens (including phenoxy) is 1. The molecule has 0 aliphatic carbocycles. The molecule has 0 atom stereocenters. The second-order valence-corrected chi connectivity index (χ2v) is 4.43. The van der Waals surface area contributed by atoms with Crippen molar-refractivity contribution in [3.05, 3.63) is 63.7 Å². The van der Waals surface area contributed by atoms with Crippen molar-refractivity contribution in [3.63, 3.8) is 0 Å². The number of anilines is 1. The van der Waals surface area contributed by atoms with E-state index in [1.165, 1.54) is 43.5 Å². The van der Waals surface area contributed by atoms with Gasteiger partial charge in [0.15, 0.2) is 0 Å². The molecule has 0 saturated carbocycles. The quantitative estimate of drug-likeness (QED) is 0.391. The fourth-order valence-electron chi connectivity index (χ4n) is 1.94. The molecule has 0 aliphatic rings. The number of carbonyl (C=O) groups is 2. The Morgan fingerprint density at radius 2 is 1.75 bits per heavy atom. The van der Waals surface area contributed by atoms with E-state index < -0.39 is 16.8 Å². The topological polar surface area (TPSA) is 122 Å². The number of nitrogens with one attached hydrogen (secondary N) is 1. The first-order chi connectivity index (χ1) is 10.9. The van der Waals surface area contributed by atoms with Gasteiger partial charge in [0.25, 0.3) is 11.6 Å². The van der Waals surface area contributed by atoms with E-state index in [1.54, 1.807) is 0 Å². The molecule has 0 radical (unpaired) electrons. The van der Waals surface area contributed by atoms with E-state index in [0.29, 0.717) is 0 Å². The number of hydrogen-bond acceptors (Lipinski definition) is 6. The summed E-state index contributed by atoms with van der Waals surface area (Å²) in [5.74, 6) is -2.05. The van der Waals surface area contributed by atoms with E-state index in [1.807, 2.05) is 0 Å². The van der Waals surface area contributed by atoms with Crippen molar-refractivity contribution in [3.8, 4) is 5.75 Å². The molecule has 1 N–H and O–H groups in total. The van der Waals surface area contributed by atoms with Gasteiger partial charge in [0.1, 0.15) is 11.4 Å². The van der Waals surface area contributed by atoms with Crippen LogP contribution in [0.3, 0.4) is 0 Å². The number of aromatic carboxylic acids is 1. The number of nitrogens with zero attached hydrogens (tertiary/aromatic N) is 1. The van der Waals surface area contributed by atoms with Gasteiger partial charge in [-0.1, -0.05) is 18.2 Å². The number of carboxylic acids is 1. The van der Waals surface area contributed by atoms with Crippen molar-refractivity contribution in [2.24, 2.45) is 0 Å². The summed E-state index contributed by atoms with van der Waals surface area (Å²) in [6.45, 7) is 0. The number of amides is 1. The number of nitro benzene ring substituents is 1. The number of methoxy groups -OCH3 is 1. The van der Waals surface area contributed by atoms with Crippen LogP contribution in [0.2, 0.25) is 0 Å². The number of carbonyl (C=O) groups excluding carboxylic acids is 2. The maximum absolute atomic E-state index is 12.2. The molecule has 0 heterocycles. The van der Waals surface area contributed by atoms with Crippen LogP contribution in [0.4, 0.5) is 11.4 Å². The average Bonchev–Trinajstić information content (AvgIpc) is 2.54. The Balaban J connectivity index is 0.00000288. The zero-order valence-electron chi connectivity index (χ0n) is 12.9. The molecule has 0 aliphatic heterocycles. The predicted octanol–water partition coefficient (Wildman–Crippen LogP) is -1.78. The first-order valence-electron chi connectivity index (χ1n) is 6.38. The second kappa shape index (κ2) is 8.44. The van der Waals surface area contributed by atoms with Crippen molar-refractivity contribution in [2.45, 2.75) is 0 Å². The van der Waals surface area contributed by atoms with Gasteiger partial charge < -0.3 is 20.0 Å². The summed E-state index contributed by atoms with van der Waals surface area (Å²) < 4.78 is 4.90. The monoisotopic (exact) mass is 338 g/mol. The van der Waals surface area contributed by atoms with E-state index in [2.05, 4.69) is 5.32 Å². The Labute approximate surface area is 158 Å². The molecular formula is C15H11N2NaO6. The number of hydrogen-bond donors (Lipinski definition) is 1. The second-order valence-electron chi connectivity index (χ2n) is 4.43. The van der Waals surface area contributed by atoms with E-state index in [-0.39, 0.29) is 57.8 Å². The Morgan fingerprint density at radius 3 is 2.29 bits per heavy atom. The van der Waals surface area contributed by atoms with E-state index in [4.69, 9.17) is 4.74 Å². The Hall–Kier alpha value is -2.42. The fourth-order valence-corrected chi connectivity index (χ4v) is 1.94. The molecule has 0 saturated heterocycles. The van der Waals surface area contributed by atoms with Gasteiger partial charge in [-0.2, -0.15) is 0 Å².